The minimum Gasteiger partial charge on any atom is -0.677 e. The summed E-state index contributed by atoms with van der Waals surface area (Å²) in [4.78, 5) is 2.17. The smallest absolute Gasteiger partial charge is 0.0794 e. The van der Waals surface area contributed by atoms with Crippen molar-refractivity contribution in [2.45, 2.75) is 19.4 Å². The summed E-state index contributed by atoms with van der Waals surface area (Å²) in [6.45, 7) is 5.62. The van der Waals surface area contributed by atoms with Crippen LogP contribution in [0.2, 0.25) is 0 Å². The van der Waals surface area contributed by atoms with Gasteiger partial charge >= 0.3 is 0 Å². The van der Waals surface area contributed by atoms with E-state index in [0.717, 1.165) is 43.6 Å². The van der Waals surface area contributed by atoms with Crippen LogP contribution in [0.25, 0.3) is 5.73 Å². The first kappa shape index (κ1) is 20.2. The molecule has 0 unspecified atom stereocenters. The lowest BCUT2D eigenvalue weighted by Gasteiger charge is -2.30. The zero-order valence-electron chi connectivity index (χ0n) is 14.9. The Hall–Kier alpha value is -0.810. The number of hydrogen-bond donors (Lipinski definition) is 1. The van der Waals surface area contributed by atoms with Gasteiger partial charge in [0.2, 0.25) is 0 Å². The Kier molecular flexibility index (Phi) is 9.56. The zero-order chi connectivity index (χ0) is 17.1. The summed E-state index contributed by atoms with van der Waals surface area (Å²) >= 11 is 5.77. The summed E-state index contributed by atoms with van der Waals surface area (Å²) in [5.74, 6) is 0.649. The number of quaternary nitrogens is 1. The lowest BCUT2D eigenvalue weighted by Crippen LogP contribution is -2.42. The summed E-state index contributed by atoms with van der Waals surface area (Å²) < 4.78 is 1.02. The standard InChI is InChI=1S/C18H33ClN4/c1-22(13-10-19)18-8-6-17(7-9-18)16-21-12-5-15-23(2,3)14-4-11-20/h6-9,20-21H,4-5,10-16H2,1-3H3. The van der Waals surface area contributed by atoms with Gasteiger partial charge in [0.15, 0.2) is 0 Å². The maximum Gasteiger partial charge on any atom is 0.0794 e. The van der Waals surface area contributed by atoms with Crippen molar-refractivity contribution in [2.75, 3.05) is 64.6 Å². The van der Waals surface area contributed by atoms with Gasteiger partial charge < -0.3 is 20.4 Å². The first-order valence-corrected chi connectivity index (χ1v) is 9.05. The Bertz CT molecular complexity index is 420. The Balaban J connectivity index is 2.23. The fourth-order valence-electron chi connectivity index (χ4n) is 2.61. The molecule has 23 heavy (non-hydrogen) atoms. The Morgan fingerprint density at radius 2 is 1.78 bits per heavy atom. The molecule has 0 saturated carbocycles. The Morgan fingerprint density at radius 3 is 2.39 bits per heavy atom. The van der Waals surface area contributed by atoms with Gasteiger partial charge in [0.05, 0.1) is 27.2 Å². The highest BCUT2D eigenvalue weighted by atomic mass is 35.5. The van der Waals surface area contributed by atoms with Gasteiger partial charge in [-0.05, 0) is 24.1 Å². The topological polar surface area (TPSA) is 39.1 Å². The minimum absolute atomic E-state index is 0.538. The summed E-state index contributed by atoms with van der Waals surface area (Å²) in [7, 11) is 6.58. The van der Waals surface area contributed by atoms with Gasteiger partial charge in [-0.25, -0.2) is 0 Å². The van der Waals surface area contributed by atoms with Crippen LogP contribution in [0.15, 0.2) is 24.3 Å². The molecule has 0 spiro atoms. The molecule has 0 fully saturated rings. The second kappa shape index (κ2) is 10.9. The van der Waals surface area contributed by atoms with Crippen molar-refractivity contribution in [3.05, 3.63) is 35.6 Å². The summed E-state index contributed by atoms with van der Waals surface area (Å²) in [5.41, 5.74) is 9.78. The molecule has 0 aliphatic heterocycles. The van der Waals surface area contributed by atoms with Gasteiger partial charge in [-0.15, -0.1) is 18.1 Å². The van der Waals surface area contributed by atoms with E-state index in [0.29, 0.717) is 12.4 Å². The lowest BCUT2D eigenvalue weighted by atomic mass is 10.2. The molecule has 0 heterocycles. The van der Waals surface area contributed by atoms with Crippen LogP contribution in [0.5, 0.6) is 0 Å². The molecule has 0 bridgehead atoms. The van der Waals surface area contributed by atoms with Gasteiger partial charge in [0.1, 0.15) is 0 Å². The number of benzene rings is 1. The fraction of sp³-hybridized carbons (Fsp3) is 0.667. The quantitative estimate of drug-likeness (QED) is 0.360. The van der Waals surface area contributed by atoms with E-state index in [1.54, 1.807) is 0 Å². The van der Waals surface area contributed by atoms with Gasteiger partial charge in [0.25, 0.3) is 0 Å². The van der Waals surface area contributed by atoms with Crippen LogP contribution in [-0.4, -0.2) is 64.2 Å². The second-order valence-electron chi connectivity index (χ2n) is 6.79. The maximum absolute atomic E-state index is 7.25. The average molecular weight is 341 g/mol. The second-order valence-corrected chi connectivity index (χ2v) is 7.17. The number of nitrogens with zero attached hydrogens (tertiary/aromatic N) is 2. The number of nitrogens with one attached hydrogen (secondary N) is 2. The molecule has 0 aliphatic rings. The molecule has 132 valence electrons. The predicted octanol–water partition coefficient (Wildman–Crippen LogP) is 3.36. The van der Waals surface area contributed by atoms with E-state index in [2.05, 4.69) is 55.6 Å². The molecule has 2 N–H and O–H groups in total. The first-order valence-electron chi connectivity index (χ1n) is 8.52. The third-order valence-electron chi connectivity index (χ3n) is 4.18. The third kappa shape index (κ3) is 8.56. The van der Waals surface area contributed by atoms with Crippen LogP contribution in [0.3, 0.4) is 0 Å². The molecule has 1 aromatic rings. The van der Waals surface area contributed by atoms with Crippen molar-refractivity contribution < 1.29 is 4.48 Å². The maximum atomic E-state index is 7.25. The van der Waals surface area contributed by atoms with Crippen molar-refractivity contribution in [1.29, 1.82) is 0 Å². The molecule has 4 nitrogen and oxygen atoms in total. The van der Waals surface area contributed by atoms with Crippen LogP contribution >= 0.6 is 11.6 Å². The molecule has 0 aliphatic carbocycles. The molecule has 1 aromatic carbocycles. The Labute approximate surface area is 147 Å². The van der Waals surface area contributed by atoms with Gasteiger partial charge in [-0.3, -0.25) is 0 Å². The van der Waals surface area contributed by atoms with E-state index in [-0.39, 0.29) is 0 Å². The third-order valence-corrected chi connectivity index (χ3v) is 4.35. The average Bonchev–Trinajstić information content (AvgIpc) is 2.53. The first-order chi connectivity index (χ1) is 11.0. The van der Waals surface area contributed by atoms with Crippen molar-refractivity contribution in [3.8, 4) is 0 Å². The fourth-order valence-corrected chi connectivity index (χ4v) is 2.86. The van der Waals surface area contributed by atoms with E-state index >= 15 is 0 Å². The molecular formula is C18H33ClN4. The van der Waals surface area contributed by atoms with E-state index in [9.17, 15) is 0 Å². The SMILES string of the molecule is CN(CCCl)c1ccc(CNCCC[N+](C)(C)CCC[NH-])cc1. The molecule has 0 atom stereocenters. The van der Waals surface area contributed by atoms with Crippen molar-refractivity contribution in [3.63, 3.8) is 0 Å². The highest BCUT2D eigenvalue weighted by Gasteiger charge is 2.12. The Morgan fingerprint density at radius 1 is 1.13 bits per heavy atom. The van der Waals surface area contributed by atoms with E-state index in [1.807, 2.05) is 0 Å². The minimum atomic E-state index is 0.538. The molecular weight excluding hydrogens is 308 g/mol. The number of rotatable bonds is 12. The monoisotopic (exact) mass is 340 g/mol. The number of alkyl halides is 1. The number of halogens is 1. The number of hydrogen-bond acceptors (Lipinski definition) is 2. The van der Waals surface area contributed by atoms with Gasteiger partial charge in [-0.1, -0.05) is 12.1 Å². The summed E-state index contributed by atoms with van der Waals surface area (Å²) in [5, 5.41) is 3.52. The van der Waals surface area contributed by atoms with E-state index in [1.165, 1.54) is 17.7 Å². The van der Waals surface area contributed by atoms with Crippen LogP contribution in [0.1, 0.15) is 18.4 Å². The normalized spacial score (nSPS) is 11.7. The van der Waals surface area contributed by atoms with E-state index < -0.39 is 0 Å². The van der Waals surface area contributed by atoms with Crippen LogP contribution < -0.4 is 10.2 Å². The van der Waals surface area contributed by atoms with Crippen molar-refractivity contribution in [1.82, 2.24) is 5.32 Å². The largest absolute Gasteiger partial charge is 0.677 e. The highest BCUT2D eigenvalue weighted by molar-refractivity contribution is 6.18. The van der Waals surface area contributed by atoms with Crippen molar-refractivity contribution in [2.24, 2.45) is 0 Å². The van der Waals surface area contributed by atoms with Crippen molar-refractivity contribution >= 4 is 17.3 Å². The molecule has 0 saturated heterocycles. The van der Waals surface area contributed by atoms with Crippen LogP contribution in [-0.2, 0) is 6.54 Å². The zero-order valence-corrected chi connectivity index (χ0v) is 15.7. The van der Waals surface area contributed by atoms with Crippen LogP contribution in [0, 0.1) is 0 Å². The van der Waals surface area contributed by atoms with Gasteiger partial charge in [0, 0.05) is 44.7 Å². The molecule has 5 heteroatoms. The summed E-state index contributed by atoms with van der Waals surface area (Å²) in [6.07, 6.45) is 2.16. The molecule has 0 radical (unpaired) electrons. The number of anilines is 1. The predicted molar refractivity (Wildman–Crippen MR) is 102 cm³/mol. The summed E-state index contributed by atoms with van der Waals surface area (Å²) in [6, 6.07) is 8.68. The molecule has 0 aromatic heterocycles. The highest BCUT2D eigenvalue weighted by Crippen LogP contribution is 2.13. The molecule has 0 amide bonds. The van der Waals surface area contributed by atoms with E-state index in [4.69, 9.17) is 17.3 Å². The molecule has 1 rings (SSSR count). The van der Waals surface area contributed by atoms with Gasteiger partial charge in [-0.2, -0.15) is 0 Å². The lowest BCUT2D eigenvalue weighted by molar-refractivity contribution is -0.890. The van der Waals surface area contributed by atoms with Crippen LogP contribution in [0.4, 0.5) is 5.69 Å².